The normalized spacial score (nSPS) is 23.0. The number of likely N-dealkylation sites (tertiary alicyclic amines) is 2. The molecule has 1 amide bonds. The third kappa shape index (κ3) is 7.76. The van der Waals surface area contributed by atoms with E-state index >= 15 is 0 Å². The first-order valence-corrected chi connectivity index (χ1v) is 11.8. The minimum atomic E-state index is -5.08. The number of alkyl halides is 3. The van der Waals surface area contributed by atoms with Crippen LogP contribution in [0, 0.1) is 11.3 Å². The van der Waals surface area contributed by atoms with E-state index < -0.39 is 22.0 Å². The van der Waals surface area contributed by atoms with E-state index in [9.17, 15) is 26.4 Å². The lowest BCUT2D eigenvalue weighted by atomic mass is 9.72. The molecule has 0 saturated carbocycles. The van der Waals surface area contributed by atoms with Crippen LogP contribution in [-0.4, -0.2) is 86.1 Å². The molecule has 170 valence electrons. The lowest BCUT2D eigenvalue weighted by Gasteiger charge is -2.53. The summed E-state index contributed by atoms with van der Waals surface area (Å²) >= 11 is 0. The average molecular weight is 445 g/mol. The highest BCUT2D eigenvalue weighted by Crippen LogP contribution is 2.40. The SMILES string of the molecule is CCC(CC)CN1CCCC2(C1)CN(CCS(C)(=O)=O)C2=O.O=C(O)C(F)(F)F. The van der Waals surface area contributed by atoms with Crippen molar-refractivity contribution in [3.63, 3.8) is 0 Å². The molecule has 2 aliphatic heterocycles. The van der Waals surface area contributed by atoms with Crippen molar-refractivity contribution in [3.8, 4) is 0 Å². The van der Waals surface area contributed by atoms with Crippen LogP contribution in [0.5, 0.6) is 0 Å². The van der Waals surface area contributed by atoms with Gasteiger partial charge >= 0.3 is 12.1 Å². The van der Waals surface area contributed by atoms with Crippen molar-refractivity contribution in [1.82, 2.24) is 9.80 Å². The zero-order valence-electron chi connectivity index (χ0n) is 17.2. The van der Waals surface area contributed by atoms with Crippen molar-refractivity contribution in [2.75, 3.05) is 44.7 Å². The number of carboxylic acid groups (broad SMARTS) is 1. The first kappa shape index (κ1) is 25.7. The lowest BCUT2D eigenvalue weighted by molar-refractivity contribution is -0.192. The van der Waals surface area contributed by atoms with E-state index in [1.54, 1.807) is 4.90 Å². The number of carbonyl (C=O) groups excluding carboxylic acids is 1. The number of hydrogen-bond donors (Lipinski definition) is 1. The molecule has 1 spiro atoms. The summed E-state index contributed by atoms with van der Waals surface area (Å²) in [4.78, 5) is 25.6. The molecule has 0 aromatic heterocycles. The molecule has 7 nitrogen and oxygen atoms in total. The van der Waals surface area contributed by atoms with Crippen molar-refractivity contribution in [2.24, 2.45) is 11.3 Å². The number of sulfone groups is 1. The number of nitrogens with zero attached hydrogens (tertiary/aromatic N) is 2. The van der Waals surface area contributed by atoms with Crippen molar-refractivity contribution < 1.29 is 36.3 Å². The van der Waals surface area contributed by atoms with Gasteiger partial charge in [0.2, 0.25) is 5.91 Å². The molecule has 0 aliphatic carbocycles. The summed E-state index contributed by atoms with van der Waals surface area (Å²) in [6.07, 6.45) is 0.556. The van der Waals surface area contributed by atoms with Crippen LogP contribution in [0.1, 0.15) is 39.5 Å². The van der Waals surface area contributed by atoms with Gasteiger partial charge in [-0.1, -0.05) is 26.7 Å². The first-order chi connectivity index (χ1) is 13.2. The molecule has 1 N–H and O–H groups in total. The lowest BCUT2D eigenvalue weighted by Crippen LogP contribution is -2.67. The van der Waals surface area contributed by atoms with Crippen LogP contribution in [0.2, 0.25) is 0 Å². The van der Waals surface area contributed by atoms with Crippen LogP contribution in [0.25, 0.3) is 0 Å². The second-order valence-corrected chi connectivity index (χ2v) is 10.2. The Labute approximate surface area is 170 Å². The van der Waals surface area contributed by atoms with Gasteiger partial charge in [0.05, 0.1) is 11.2 Å². The van der Waals surface area contributed by atoms with E-state index in [2.05, 4.69) is 18.7 Å². The molecule has 1 unspecified atom stereocenters. The molecule has 1 atom stereocenters. The summed E-state index contributed by atoms with van der Waals surface area (Å²) in [6.45, 7) is 8.59. The maximum Gasteiger partial charge on any atom is 0.490 e. The van der Waals surface area contributed by atoms with Crippen LogP contribution in [0.4, 0.5) is 13.2 Å². The average Bonchev–Trinajstić information content (AvgIpc) is 2.62. The van der Waals surface area contributed by atoms with Crippen molar-refractivity contribution in [1.29, 1.82) is 0 Å². The third-order valence-electron chi connectivity index (χ3n) is 5.54. The number of hydrogen-bond acceptors (Lipinski definition) is 5. The van der Waals surface area contributed by atoms with Crippen LogP contribution in [0.3, 0.4) is 0 Å². The van der Waals surface area contributed by atoms with Crippen LogP contribution in [-0.2, 0) is 19.4 Å². The Bertz CT molecular complexity index is 679. The summed E-state index contributed by atoms with van der Waals surface area (Å²) in [5, 5.41) is 7.12. The zero-order chi connectivity index (χ0) is 22.5. The van der Waals surface area contributed by atoms with E-state index in [0.29, 0.717) is 12.5 Å². The first-order valence-electron chi connectivity index (χ1n) is 9.73. The second kappa shape index (κ2) is 10.1. The molecular formula is C18H31F3N2O5S. The molecule has 29 heavy (non-hydrogen) atoms. The topological polar surface area (TPSA) is 95.0 Å². The summed E-state index contributed by atoms with van der Waals surface area (Å²) in [6, 6.07) is 0. The predicted molar refractivity (Wildman–Crippen MR) is 102 cm³/mol. The molecule has 2 fully saturated rings. The fraction of sp³-hybridized carbons (Fsp3) is 0.889. The van der Waals surface area contributed by atoms with Gasteiger partial charge in [-0.05, 0) is 25.3 Å². The van der Waals surface area contributed by atoms with E-state index in [4.69, 9.17) is 9.90 Å². The number of aliphatic carboxylic acids is 1. The van der Waals surface area contributed by atoms with Gasteiger partial charge in [0.25, 0.3) is 0 Å². The summed E-state index contributed by atoms with van der Waals surface area (Å²) in [7, 11) is -3.00. The van der Waals surface area contributed by atoms with Gasteiger partial charge < -0.3 is 14.9 Å². The predicted octanol–water partition coefficient (Wildman–Crippen LogP) is 2.02. The Morgan fingerprint density at radius 2 is 1.79 bits per heavy atom. The Kier molecular flexibility index (Phi) is 8.94. The Balaban J connectivity index is 0.000000516. The molecule has 2 saturated heterocycles. The van der Waals surface area contributed by atoms with Crippen molar-refractivity contribution in [3.05, 3.63) is 0 Å². The minimum absolute atomic E-state index is 0.0757. The smallest absolute Gasteiger partial charge is 0.475 e. The van der Waals surface area contributed by atoms with E-state index in [-0.39, 0.29) is 17.1 Å². The number of carboxylic acids is 1. The highest BCUT2D eigenvalue weighted by atomic mass is 32.2. The highest BCUT2D eigenvalue weighted by Gasteiger charge is 2.53. The van der Waals surface area contributed by atoms with E-state index in [1.807, 2.05) is 0 Å². The molecule has 11 heteroatoms. The maximum atomic E-state index is 12.5. The summed E-state index contributed by atoms with van der Waals surface area (Å²) in [5.41, 5.74) is -0.220. The van der Waals surface area contributed by atoms with Gasteiger partial charge in [-0.15, -0.1) is 0 Å². The Morgan fingerprint density at radius 1 is 1.24 bits per heavy atom. The number of piperidine rings is 1. The van der Waals surface area contributed by atoms with Gasteiger partial charge in [-0.2, -0.15) is 13.2 Å². The minimum Gasteiger partial charge on any atom is -0.475 e. The molecule has 0 radical (unpaired) electrons. The molecule has 2 heterocycles. The van der Waals surface area contributed by atoms with Gasteiger partial charge in [-0.3, -0.25) is 4.79 Å². The van der Waals surface area contributed by atoms with Crippen LogP contribution < -0.4 is 0 Å². The van der Waals surface area contributed by atoms with Gasteiger partial charge in [0, 0.05) is 32.4 Å². The largest absolute Gasteiger partial charge is 0.490 e. The molecule has 2 aliphatic rings. The molecule has 0 bridgehead atoms. The third-order valence-corrected chi connectivity index (χ3v) is 6.46. The fourth-order valence-electron chi connectivity index (χ4n) is 3.80. The number of β-lactam (4-membered cyclic amide) rings is 1. The summed E-state index contributed by atoms with van der Waals surface area (Å²) < 4.78 is 54.2. The second-order valence-electron chi connectivity index (χ2n) is 7.96. The number of rotatable bonds is 7. The number of halogens is 3. The van der Waals surface area contributed by atoms with E-state index in [0.717, 1.165) is 39.0 Å². The molecule has 0 aromatic carbocycles. The molecule has 2 rings (SSSR count). The van der Waals surface area contributed by atoms with Crippen LogP contribution >= 0.6 is 0 Å². The van der Waals surface area contributed by atoms with E-state index in [1.165, 1.54) is 19.1 Å². The summed E-state index contributed by atoms with van der Waals surface area (Å²) in [5.74, 6) is -1.80. The Hall–Kier alpha value is -1.36. The van der Waals surface area contributed by atoms with Gasteiger partial charge in [0.15, 0.2) is 0 Å². The number of amides is 1. The number of carbonyl (C=O) groups is 2. The highest BCUT2D eigenvalue weighted by molar-refractivity contribution is 7.90. The van der Waals surface area contributed by atoms with Crippen LogP contribution in [0.15, 0.2) is 0 Å². The standard InChI is InChI=1S/C16H30N2O3S.C2HF3O2/c1-4-14(5-2)11-17-8-6-7-16(12-17)13-18(15(16)19)9-10-22(3,20)21;3-2(4,5)1(6)7/h14H,4-13H2,1-3H3;(H,6,7). The van der Waals surface area contributed by atoms with Gasteiger partial charge in [-0.25, -0.2) is 13.2 Å². The molecular weight excluding hydrogens is 413 g/mol. The quantitative estimate of drug-likeness (QED) is 0.604. The van der Waals surface area contributed by atoms with Crippen molar-refractivity contribution in [2.45, 2.75) is 45.7 Å². The van der Waals surface area contributed by atoms with Gasteiger partial charge in [0.1, 0.15) is 9.84 Å². The maximum absolute atomic E-state index is 12.5. The zero-order valence-corrected chi connectivity index (χ0v) is 18.0. The molecule has 0 aromatic rings. The Morgan fingerprint density at radius 3 is 2.21 bits per heavy atom. The fourth-order valence-corrected chi connectivity index (χ4v) is 4.36. The van der Waals surface area contributed by atoms with Crippen molar-refractivity contribution >= 4 is 21.7 Å². The monoisotopic (exact) mass is 444 g/mol.